The van der Waals surface area contributed by atoms with E-state index in [1.54, 1.807) is 30.3 Å². The van der Waals surface area contributed by atoms with Crippen LogP contribution in [-0.2, 0) is 14.3 Å². The second-order valence-corrected chi connectivity index (χ2v) is 8.80. The van der Waals surface area contributed by atoms with Crippen LogP contribution in [-0.4, -0.2) is 33.9 Å². The summed E-state index contributed by atoms with van der Waals surface area (Å²) in [7, 11) is -3.58. The van der Waals surface area contributed by atoms with Crippen LogP contribution in [0.2, 0.25) is 0 Å². The molecule has 3 nitrogen and oxygen atoms in total. The summed E-state index contributed by atoms with van der Waals surface area (Å²) in [5.74, 6) is 0. The number of rotatable bonds is 17. The van der Waals surface area contributed by atoms with Crippen molar-refractivity contribution in [1.29, 1.82) is 0 Å². The molecule has 0 atom stereocenters. The van der Waals surface area contributed by atoms with Crippen molar-refractivity contribution in [3.63, 3.8) is 0 Å². The van der Waals surface area contributed by atoms with Crippen molar-refractivity contribution < 1.29 is 12.6 Å². The predicted molar refractivity (Wildman–Crippen MR) is 117 cm³/mol. The number of benzene rings is 1. The number of hydrogen-bond donors (Lipinski definition) is 0. The van der Waals surface area contributed by atoms with Gasteiger partial charge in [-0.3, -0.25) is 4.18 Å². The first-order valence-corrected chi connectivity index (χ1v) is 12.0. The third-order valence-corrected chi connectivity index (χ3v) is 6.09. The van der Waals surface area contributed by atoms with E-state index in [-0.39, 0.29) is 30.4 Å². The Labute approximate surface area is 180 Å². The quantitative estimate of drug-likeness (QED) is 0.180. The molecule has 0 heterocycles. The molecular weight excluding hydrogens is 351 g/mol. The first-order chi connectivity index (χ1) is 12.7. The van der Waals surface area contributed by atoms with E-state index in [9.17, 15) is 8.42 Å². The molecule has 0 aromatic heterocycles. The van der Waals surface area contributed by atoms with Crippen LogP contribution in [0.3, 0.4) is 0 Å². The Hall–Kier alpha value is -0.273. The monoisotopic (exact) mass is 390 g/mol. The van der Waals surface area contributed by atoms with E-state index in [1.165, 1.54) is 77.0 Å². The molecule has 0 fully saturated rings. The number of unbranched alkanes of at least 4 members (excludes halogenated alkanes) is 13. The van der Waals surface area contributed by atoms with Crippen molar-refractivity contribution >= 4 is 29.0 Å². The van der Waals surface area contributed by atoms with E-state index in [1.807, 2.05) is 0 Å². The zero-order chi connectivity index (χ0) is 18.9. The van der Waals surface area contributed by atoms with Gasteiger partial charge in [-0.15, -0.1) is 0 Å². The second kappa shape index (κ2) is 17.8. The molecule has 0 aliphatic heterocycles. The van der Waals surface area contributed by atoms with E-state index in [2.05, 4.69) is 6.92 Å². The summed E-state index contributed by atoms with van der Waals surface area (Å²) in [6, 6.07) is 8.36. The molecule has 0 unspecified atom stereocenters. The summed E-state index contributed by atoms with van der Waals surface area (Å²) in [6.07, 6.45) is 18.0. The van der Waals surface area contributed by atoms with Gasteiger partial charge in [0.25, 0.3) is 10.1 Å². The van der Waals surface area contributed by atoms with Gasteiger partial charge in [0.2, 0.25) is 0 Å². The molecule has 0 bridgehead atoms. The Morgan fingerprint density at radius 2 is 1.07 bits per heavy atom. The first kappa shape index (κ1) is 26.7. The maximum absolute atomic E-state index is 11.9. The average Bonchev–Trinajstić information content (AvgIpc) is 2.65. The van der Waals surface area contributed by atoms with Gasteiger partial charge in [0.15, 0.2) is 0 Å². The summed E-state index contributed by atoms with van der Waals surface area (Å²) < 4.78 is 29.0. The average molecular weight is 391 g/mol. The predicted octanol–water partition coefficient (Wildman–Crippen LogP) is 6.22. The summed E-state index contributed by atoms with van der Waals surface area (Å²) in [5.41, 5.74) is 0. The van der Waals surface area contributed by atoms with Gasteiger partial charge >= 0.3 is 18.9 Å². The van der Waals surface area contributed by atoms with Gasteiger partial charge in [-0.1, -0.05) is 109 Å². The van der Waals surface area contributed by atoms with Crippen LogP contribution in [0.5, 0.6) is 0 Å². The molecule has 1 rings (SSSR count). The van der Waals surface area contributed by atoms with Crippen molar-refractivity contribution in [3.8, 4) is 0 Å². The van der Waals surface area contributed by atoms with Gasteiger partial charge < -0.3 is 0 Å². The minimum atomic E-state index is -3.58. The van der Waals surface area contributed by atoms with E-state index in [4.69, 9.17) is 4.18 Å². The first-order valence-electron chi connectivity index (χ1n) is 10.6. The summed E-state index contributed by atoms with van der Waals surface area (Å²) in [4.78, 5) is 0.241. The van der Waals surface area contributed by atoms with Crippen molar-refractivity contribution in [2.24, 2.45) is 0 Å². The molecule has 0 aliphatic rings. The van der Waals surface area contributed by atoms with Gasteiger partial charge in [-0.2, -0.15) is 8.42 Å². The van der Waals surface area contributed by atoms with Gasteiger partial charge in [-0.05, 0) is 18.6 Å². The van der Waals surface area contributed by atoms with Crippen LogP contribution in [0.25, 0.3) is 0 Å². The third kappa shape index (κ3) is 14.4. The van der Waals surface area contributed by atoms with Crippen LogP contribution in [0, 0.1) is 0 Å². The molecule has 0 amide bonds. The van der Waals surface area contributed by atoms with Gasteiger partial charge in [0.1, 0.15) is 0 Å². The second-order valence-electron chi connectivity index (χ2n) is 7.19. The van der Waals surface area contributed by atoms with E-state index in [0.717, 1.165) is 12.8 Å². The van der Waals surface area contributed by atoms with Crippen molar-refractivity contribution in [1.82, 2.24) is 0 Å². The third-order valence-electron chi connectivity index (χ3n) is 4.77. The Morgan fingerprint density at radius 1 is 0.667 bits per heavy atom. The molecule has 0 saturated carbocycles. The molecule has 27 heavy (non-hydrogen) atoms. The normalized spacial score (nSPS) is 11.3. The fourth-order valence-electron chi connectivity index (χ4n) is 3.12. The summed E-state index contributed by atoms with van der Waals surface area (Å²) in [6.45, 7) is 2.55. The van der Waals surface area contributed by atoms with Crippen LogP contribution < -0.4 is 0 Å². The molecule has 152 valence electrons. The van der Waals surface area contributed by atoms with Crippen molar-refractivity contribution in [3.05, 3.63) is 30.3 Å². The molecule has 0 N–H and O–H groups in total. The Morgan fingerprint density at radius 3 is 1.52 bits per heavy atom. The van der Waals surface area contributed by atoms with Crippen molar-refractivity contribution in [2.75, 3.05) is 6.61 Å². The standard InChI is InChI=1S/C22H38O3S.Li.H/c1-2-3-4-5-6-7-8-9-10-11-12-13-14-18-21-25-26(23,24)22-19-16-15-17-20-22;;/h15-17,19-20H,2-14,18,21H2,1H3;;. The SMILES string of the molecule is CCCCCCCCCCCCCCCCOS(=O)(=O)c1ccccc1.[LiH]. The Balaban J connectivity index is 0.00000676. The molecule has 0 spiro atoms. The van der Waals surface area contributed by atoms with Crippen LogP contribution in [0.4, 0.5) is 0 Å². The Bertz CT molecular complexity index is 532. The van der Waals surface area contributed by atoms with Crippen LogP contribution in [0.15, 0.2) is 35.2 Å². The fraction of sp³-hybridized carbons (Fsp3) is 0.727. The van der Waals surface area contributed by atoms with Gasteiger partial charge in [-0.25, -0.2) is 0 Å². The van der Waals surface area contributed by atoms with Gasteiger partial charge in [0.05, 0.1) is 11.5 Å². The Kier molecular flexibility index (Phi) is 17.6. The van der Waals surface area contributed by atoms with E-state index < -0.39 is 10.1 Å². The fourth-order valence-corrected chi connectivity index (χ4v) is 4.08. The molecule has 5 heteroatoms. The molecule has 1 aromatic carbocycles. The topological polar surface area (TPSA) is 43.4 Å². The minimum absolute atomic E-state index is 0. The maximum atomic E-state index is 11.9. The molecule has 1 aromatic rings. The van der Waals surface area contributed by atoms with E-state index >= 15 is 0 Å². The van der Waals surface area contributed by atoms with Crippen LogP contribution in [0.1, 0.15) is 96.8 Å². The molecule has 0 aliphatic carbocycles. The van der Waals surface area contributed by atoms with Crippen molar-refractivity contribution in [2.45, 2.75) is 102 Å². The summed E-state index contributed by atoms with van der Waals surface area (Å²) >= 11 is 0. The van der Waals surface area contributed by atoms with Crippen LogP contribution >= 0.6 is 0 Å². The van der Waals surface area contributed by atoms with Gasteiger partial charge in [0, 0.05) is 0 Å². The zero-order valence-corrected chi connectivity index (χ0v) is 17.4. The zero-order valence-electron chi connectivity index (χ0n) is 16.6. The summed E-state index contributed by atoms with van der Waals surface area (Å²) in [5, 5.41) is 0. The molecule has 0 radical (unpaired) electrons. The molecular formula is C22H39LiO3S. The number of hydrogen-bond acceptors (Lipinski definition) is 3. The van der Waals surface area contributed by atoms with E-state index in [0.29, 0.717) is 0 Å². The molecule has 0 saturated heterocycles.